The van der Waals surface area contributed by atoms with Gasteiger partial charge in [-0.05, 0) is 42.0 Å². The van der Waals surface area contributed by atoms with Crippen LogP contribution in [0.15, 0.2) is 53.4 Å². The third kappa shape index (κ3) is 5.31. The van der Waals surface area contributed by atoms with Crippen molar-refractivity contribution < 1.29 is 22.7 Å². The lowest BCUT2D eigenvalue weighted by Gasteiger charge is -2.18. The van der Waals surface area contributed by atoms with E-state index in [4.69, 9.17) is 11.6 Å². The van der Waals surface area contributed by atoms with Gasteiger partial charge in [-0.2, -0.15) is 0 Å². The molecular weight excluding hydrogens is 378 g/mol. The minimum Gasteiger partial charge on any atom is -0.469 e. The van der Waals surface area contributed by atoms with Crippen LogP contribution in [0.2, 0.25) is 5.02 Å². The number of methoxy groups -OCH3 is 1. The Morgan fingerprint density at radius 1 is 1.08 bits per heavy atom. The van der Waals surface area contributed by atoms with Gasteiger partial charge in [0.25, 0.3) is 5.91 Å². The van der Waals surface area contributed by atoms with Crippen molar-refractivity contribution in [3.63, 3.8) is 0 Å². The van der Waals surface area contributed by atoms with Crippen LogP contribution in [0.25, 0.3) is 0 Å². The molecule has 0 bridgehead atoms. The largest absolute Gasteiger partial charge is 0.469 e. The smallest absolute Gasteiger partial charge is 0.307 e. The molecule has 0 aliphatic rings. The monoisotopic (exact) mass is 395 g/mol. The maximum atomic E-state index is 12.5. The third-order valence-corrected chi connectivity index (χ3v) is 5.10. The van der Waals surface area contributed by atoms with Crippen molar-refractivity contribution in [2.75, 3.05) is 13.4 Å². The van der Waals surface area contributed by atoms with Crippen molar-refractivity contribution in [1.82, 2.24) is 5.32 Å². The van der Waals surface area contributed by atoms with Crippen LogP contribution >= 0.6 is 11.6 Å². The van der Waals surface area contributed by atoms with Crippen LogP contribution in [0.3, 0.4) is 0 Å². The van der Waals surface area contributed by atoms with Gasteiger partial charge >= 0.3 is 5.97 Å². The van der Waals surface area contributed by atoms with Crippen LogP contribution in [-0.2, 0) is 19.4 Å². The average Bonchev–Trinajstić information content (AvgIpc) is 2.61. The molecule has 0 heterocycles. The summed E-state index contributed by atoms with van der Waals surface area (Å²) in [5, 5.41) is 3.30. The van der Waals surface area contributed by atoms with E-state index in [9.17, 15) is 18.0 Å². The van der Waals surface area contributed by atoms with Gasteiger partial charge < -0.3 is 10.1 Å². The molecular formula is C18H18ClNO5S. The fourth-order valence-electron chi connectivity index (χ4n) is 2.29. The fraction of sp³-hybridized carbons (Fsp3) is 0.222. The molecule has 6 nitrogen and oxygen atoms in total. The Morgan fingerprint density at radius 2 is 1.65 bits per heavy atom. The quantitative estimate of drug-likeness (QED) is 0.759. The molecule has 0 radical (unpaired) electrons. The van der Waals surface area contributed by atoms with Crippen molar-refractivity contribution in [2.24, 2.45) is 0 Å². The Hall–Kier alpha value is -2.38. The number of halogens is 1. The van der Waals surface area contributed by atoms with Gasteiger partial charge in [-0.3, -0.25) is 9.59 Å². The third-order valence-electron chi connectivity index (χ3n) is 3.72. The van der Waals surface area contributed by atoms with E-state index < -0.39 is 27.8 Å². The Bertz CT molecular complexity index is 892. The Balaban J connectivity index is 2.22. The predicted octanol–water partition coefficient (Wildman–Crippen LogP) is 2.78. The lowest BCUT2D eigenvalue weighted by atomic mass is 10.0. The van der Waals surface area contributed by atoms with Gasteiger partial charge in [-0.15, -0.1) is 0 Å². The van der Waals surface area contributed by atoms with Gasteiger partial charge in [0.1, 0.15) is 0 Å². The number of nitrogens with one attached hydrogen (secondary N) is 1. The molecule has 0 spiro atoms. The Kier molecular flexibility index (Phi) is 6.39. The number of sulfone groups is 1. The highest BCUT2D eigenvalue weighted by molar-refractivity contribution is 7.90. The van der Waals surface area contributed by atoms with Gasteiger partial charge in [0, 0.05) is 16.8 Å². The zero-order valence-electron chi connectivity index (χ0n) is 14.2. The number of hydrogen-bond acceptors (Lipinski definition) is 5. The number of benzene rings is 2. The summed E-state index contributed by atoms with van der Waals surface area (Å²) in [6, 6.07) is 11.7. The van der Waals surface area contributed by atoms with Crippen LogP contribution in [0, 0.1) is 0 Å². The molecule has 2 aromatic carbocycles. The molecule has 1 N–H and O–H groups in total. The van der Waals surface area contributed by atoms with Crippen molar-refractivity contribution >= 4 is 33.3 Å². The molecule has 0 aliphatic carbocycles. The molecule has 0 aromatic heterocycles. The summed E-state index contributed by atoms with van der Waals surface area (Å²) in [6.07, 6.45) is 1.04. The summed E-state index contributed by atoms with van der Waals surface area (Å²) in [7, 11) is -2.07. The van der Waals surface area contributed by atoms with Gasteiger partial charge in [-0.25, -0.2) is 8.42 Å². The van der Waals surface area contributed by atoms with E-state index in [2.05, 4.69) is 10.1 Å². The molecule has 2 aromatic rings. The number of rotatable bonds is 6. The molecule has 2 rings (SSSR count). The fourth-order valence-corrected chi connectivity index (χ4v) is 3.05. The minimum atomic E-state index is -3.34. The second kappa shape index (κ2) is 8.33. The zero-order chi connectivity index (χ0) is 19.3. The molecule has 0 fully saturated rings. The maximum Gasteiger partial charge on any atom is 0.307 e. The lowest BCUT2D eigenvalue weighted by molar-refractivity contribution is -0.141. The Labute approximate surface area is 157 Å². The number of carbonyl (C=O) groups excluding carboxylic acids is 2. The van der Waals surface area contributed by atoms with Crippen LogP contribution in [-0.4, -0.2) is 33.7 Å². The summed E-state index contributed by atoms with van der Waals surface area (Å²) in [5.74, 6) is -0.911. The molecule has 1 amide bonds. The molecule has 138 valence electrons. The number of carbonyl (C=O) groups is 2. The van der Waals surface area contributed by atoms with Crippen molar-refractivity contribution in [1.29, 1.82) is 0 Å². The predicted molar refractivity (Wildman–Crippen MR) is 97.8 cm³/mol. The van der Waals surface area contributed by atoms with E-state index in [1.165, 1.54) is 31.4 Å². The first-order valence-electron chi connectivity index (χ1n) is 7.64. The Morgan fingerprint density at radius 3 is 2.15 bits per heavy atom. The molecule has 26 heavy (non-hydrogen) atoms. The van der Waals surface area contributed by atoms with Gasteiger partial charge in [0.15, 0.2) is 9.84 Å². The summed E-state index contributed by atoms with van der Waals surface area (Å²) in [6.45, 7) is 0. The second-order valence-electron chi connectivity index (χ2n) is 5.65. The molecule has 1 atom stereocenters. The highest BCUT2D eigenvalue weighted by Crippen LogP contribution is 2.21. The summed E-state index contributed by atoms with van der Waals surface area (Å²) in [5.41, 5.74) is 0.974. The van der Waals surface area contributed by atoms with E-state index in [-0.39, 0.29) is 16.9 Å². The average molecular weight is 396 g/mol. The molecule has 0 saturated heterocycles. The summed E-state index contributed by atoms with van der Waals surface area (Å²) in [4.78, 5) is 24.3. The van der Waals surface area contributed by atoms with Crippen molar-refractivity contribution in [3.05, 3.63) is 64.7 Å². The number of hydrogen-bond donors (Lipinski definition) is 1. The number of amides is 1. The standard InChI is InChI=1S/C18H18ClNO5S/c1-25-17(21)11-16(12-3-7-14(19)8-4-12)20-18(22)13-5-9-15(10-6-13)26(2,23)24/h3-10,16H,11H2,1-2H3,(H,20,22). The minimum absolute atomic E-state index is 0.0503. The van der Waals surface area contributed by atoms with E-state index >= 15 is 0 Å². The highest BCUT2D eigenvalue weighted by atomic mass is 35.5. The van der Waals surface area contributed by atoms with Crippen LogP contribution in [0.4, 0.5) is 0 Å². The lowest BCUT2D eigenvalue weighted by Crippen LogP contribution is -2.30. The molecule has 8 heteroatoms. The first-order chi connectivity index (χ1) is 12.2. The van der Waals surface area contributed by atoms with Crippen molar-refractivity contribution in [3.8, 4) is 0 Å². The van der Waals surface area contributed by atoms with Gasteiger partial charge in [0.2, 0.25) is 0 Å². The van der Waals surface area contributed by atoms with Crippen molar-refractivity contribution in [2.45, 2.75) is 17.4 Å². The normalized spacial score (nSPS) is 12.3. The maximum absolute atomic E-state index is 12.5. The molecule has 0 aliphatic heterocycles. The number of esters is 1. The first kappa shape index (κ1) is 19.9. The van der Waals surface area contributed by atoms with Gasteiger partial charge in [-0.1, -0.05) is 23.7 Å². The van der Waals surface area contributed by atoms with Crippen LogP contribution < -0.4 is 5.32 Å². The van der Waals surface area contributed by atoms with Gasteiger partial charge in [0.05, 0.1) is 24.5 Å². The van der Waals surface area contributed by atoms with E-state index in [0.29, 0.717) is 10.6 Å². The van der Waals surface area contributed by atoms with E-state index in [1.54, 1.807) is 24.3 Å². The summed E-state index contributed by atoms with van der Waals surface area (Å²) < 4.78 is 27.7. The summed E-state index contributed by atoms with van der Waals surface area (Å²) >= 11 is 5.87. The molecule has 1 unspecified atom stereocenters. The second-order valence-corrected chi connectivity index (χ2v) is 8.11. The highest BCUT2D eigenvalue weighted by Gasteiger charge is 2.20. The topological polar surface area (TPSA) is 89.5 Å². The SMILES string of the molecule is COC(=O)CC(NC(=O)c1ccc(S(C)(=O)=O)cc1)c1ccc(Cl)cc1. The first-order valence-corrected chi connectivity index (χ1v) is 9.91. The van der Waals surface area contributed by atoms with Crippen LogP contribution in [0.5, 0.6) is 0 Å². The van der Waals surface area contributed by atoms with E-state index in [0.717, 1.165) is 6.26 Å². The van der Waals surface area contributed by atoms with E-state index in [1.807, 2.05) is 0 Å². The zero-order valence-corrected chi connectivity index (χ0v) is 15.8. The molecule has 0 saturated carbocycles. The van der Waals surface area contributed by atoms with Crippen LogP contribution in [0.1, 0.15) is 28.4 Å². The number of ether oxygens (including phenoxy) is 1.